The number of ether oxygens (including phenoxy) is 1. The van der Waals surface area contributed by atoms with Crippen molar-refractivity contribution in [1.82, 2.24) is 24.6 Å². The van der Waals surface area contributed by atoms with E-state index >= 15 is 4.39 Å². The number of rotatable bonds is 7. The second kappa shape index (κ2) is 15.9. The lowest BCUT2D eigenvalue weighted by molar-refractivity contribution is -0.274. The van der Waals surface area contributed by atoms with Gasteiger partial charge < -0.3 is 29.3 Å². The van der Waals surface area contributed by atoms with E-state index in [1.165, 1.54) is 39.9 Å². The molecular formula is C41H42F4N6O6. The largest absolute Gasteiger partial charge is 0.573 e. The first-order valence-electron chi connectivity index (χ1n) is 18.9. The minimum Gasteiger partial charge on any atom is -0.405 e. The van der Waals surface area contributed by atoms with Crippen molar-refractivity contribution in [2.24, 2.45) is 7.05 Å². The van der Waals surface area contributed by atoms with Gasteiger partial charge >= 0.3 is 12.4 Å². The maximum atomic E-state index is 15.3. The fraction of sp³-hybridized carbons (Fsp3) is 0.390. The highest BCUT2D eigenvalue weighted by molar-refractivity contribution is 6.02. The second-order valence-corrected chi connectivity index (χ2v) is 14.8. The Labute approximate surface area is 325 Å². The summed E-state index contributed by atoms with van der Waals surface area (Å²) in [6.07, 6.45) is -1.10. The molecule has 0 saturated carbocycles. The van der Waals surface area contributed by atoms with E-state index in [1.54, 1.807) is 60.3 Å². The molecule has 4 aromatic rings. The van der Waals surface area contributed by atoms with Crippen LogP contribution in [0, 0.1) is 5.82 Å². The predicted molar refractivity (Wildman–Crippen MR) is 203 cm³/mol. The van der Waals surface area contributed by atoms with E-state index in [-0.39, 0.29) is 54.5 Å². The number of pyridine rings is 1. The number of halogens is 4. The van der Waals surface area contributed by atoms with E-state index < -0.39 is 35.8 Å². The number of alkyl halides is 3. The summed E-state index contributed by atoms with van der Waals surface area (Å²) in [7, 11) is 3.25. The minimum absolute atomic E-state index is 0.112. The van der Waals surface area contributed by atoms with Gasteiger partial charge in [0.2, 0.25) is 11.8 Å². The number of fused-ring (bicyclic) bond motifs is 1. The zero-order valence-electron chi connectivity index (χ0n) is 31.4. The zero-order valence-corrected chi connectivity index (χ0v) is 31.4. The van der Waals surface area contributed by atoms with Gasteiger partial charge in [-0.05, 0) is 84.9 Å². The molecule has 16 heteroatoms. The molecule has 7 rings (SSSR count). The zero-order chi connectivity index (χ0) is 40.6. The Kier molecular flexibility index (Phi) is 11.0. The molecule has 12 nitrogen and oxygen atoms in total. The Hall–Kier alpha value is -5.93. The molecule has 1 atom stereocenters. The Bertz CT molecular complexity index is 2280. The molecule has 3 aromatic carbocycles. The number of urea groups is 1. The number of nitrogens with zero attached hydrogens (tertiary/aromatic N) is 4. The number of amides is 5. The summed E-state index contributed by atoms with van der Waals surface area (Å²) >= 11 is 0. The van der Waals surface area contributed by atoms with Gasteiger partial charge in [-0.1, -0.05) is 30.3 Å². The van der Waals surface area contributed by atoms with Crippen LogP contribution >= 0.6 is 0 Å². The Balaban J connectivity index is 0.958. The van der Waals surface area contributed by atoms with Crippen LogP contribution in [-0.2, 0) is 16.6 Å². The first kappa shape index (κ1) is 39.3. The molecule has 0 spiro atoms. The molecule has 2 N–H and O–H groups in total. The first-order valence-corrected chi connectivity index (χ1v) is 18.9. The van der Waals surface area contributed by atoms with Crippen LogP contribution < -0.4 is 20.9 Å². The number of nitrogens with one attached hydrogen (secondary N) is 2. The minimum atomic E-state index is -5.07. The molecule has 0 aliphatic carbocycles. The molecule has 300 valence electrons. The highest BCUT2D eigenvalue weighted by atomic mass is 19.4. The number of aromatic nitrogens is 1. The Morgan fingerprint density at radius 1 is 0.877 bits per heavy atom. The standard InChI is InChI=1S/C41H42F4N6O6/c1-48-23-32(29-5-3-4-6-30(29)38(48)54)25-7-9-31(35(21-25)57-41(43,44)45)39(55)50-19-15-27(16-20-50)49(2)40(56)51-17-13-24(14-18-51)28-10-8-26(22-33(28)42)46-34-11-12-36(52)47-37(34)53/h3-10,21-24,27,34,46H,11-20H2,1-2H3,(H,47,52,53). The molecule has 3 aliphatic heterocycles. The number of aryl methyl sites for hydroxylation is 1. The fourth-order valence-electron chi connectivity index (χ4n) is 8.09. The van der Waals surface area contributed by atoms with E-state index in [0.717, 1.165) is 0 Å². The molecule has 5 amide bonds. The van der Waals surface area contributed by atoms with Crippen LogP contribution in [0.4, 0.5) is 28.0 Å². The van der Waals surface area contributed by atoms with Crippen LogP contribution in [0.5, 0.6) is 5.75 Å². The maximum Gasteiger partial charge on any atom is 0.573 e. The van der Waals surface area contributed by atoms with Crippen molar-refractivity contribution in [2.45, 2.75) is 62.9 Å². The number of anilines is 1. The van der Waals surface area contributed by atoms with E-state index in [1.807, 2.05) is 0 Å². The monoisotopic (exact) mass is 790 g/mol. The summed E-state index contributed by atoms with van der Waals surface area (Å²) in [5.41, 5.74) is 1.29. The lowest BCUT2D eigenvalue weighted by Crippen LogP contribution is -2.52. The average molecular weight is 791 g/mol. The molecule has 3 aliphatic rings. The molecular weight excluding hydrogens is 748 g/mol. The van der Waals surface area contributed by atoms with Crippen molar-refractivity contribution in [2.75, 3.05) is 38.5 Å². The number of benzene rings is 3. The lowest BCUT2D eigenvalue weighted by Gasteiger charge is -2.40. The van der Waals surface area contributed by atoms with Crippen LogP contribution in [0.15, 0.2) is 71.7 Å². The van der Waals surface area contributed by atoms with E-state index in [2.05, 4.69) is 15.4 Å². The van der Waals surface area contributed by atoms with Gasteiger partial charge in [0.15, 0.2) is 0 Å². The molecule has 0 bridgehead atoms. The molecule has 1 unspecified atom stereocenters. The van der Waals surface area contributed by atoms with Crippen LogP contribution in [-0.4, -0.2) is 94.7 Å². The van der Waals surface area contributed by atoms with Crippen molar-refractivity contribution < 1.29 is 41.5 Å². The molecule has 57 heavy (non-hydrogen) atoms. The summed E-state index contributed by atoms with van der Waals surface area (Å²) < 4.78 is 62.0. The predicted octanol–water partition coefficient (Wildman–Crippen LogP) is 6.00. The number of hydrogen-bond acceptors (Lipinski definition) is 7. The lowest BCUT2D eigenvalue weighted by atomic mass is 9.89. The first-order chi connectivity index (χ1) is 27.2. The van der Waals surface area contributed by atoms with Gasteiger partial charge in [0.1, 0.15) is 17.6 Å². The van der Waals surface area contributed by atoms with Crippen LogP contribution in [0.1, 0.15) is 60.4 Å². The number of carbonyl (C=O) groups is 4. The van der Waals surface area contributed by atoms with Crippen molar-refractivity contribution in [1.29, 1.82) is 0 Å². The number of likely N-dealkylation sites (tertiary alicyclic amines) is 2. The third-order valence-electron chi connectivity index (χ3n) is 11.2. The van der Waals surface area contributed by atoms with Gasteiger partial charge in [0, 0.05) is 75.6 Å². The van der Waals surface area contributed by atoms with E-state index in [0.29, 0.717) is 78.3 Å². The quantitative estimate of drug-likeness (QED) is 0.174. The topological polar surface area (TPSA) is 133 Å². The average Bonchev–Trinajstić information content (AvgIpc) is 3.19. The van der Waals surface area contributed by atoms with E-state index in [9.17, 15) is 37.1 Å². The van der Waals surface area contributed by atoms with Crippen LogP contribution in [0.2, 0.25) is 0 Å². The third kappa shape index (κ3) is 8.44. The summed E-state index contributed by atoms with van der Waals surface area (Å²) in [5, 5.41) is 6.21. The summed E-state index contributed by atoms with van der Waals surface area (Å²) in [6.45, 7) is 1.23. The summed E-state index contributed by atoms with van der Waals surface area (Å²) in [6, 6.07) is 14.5. The van der Waals surface area contributed by atoms with Gasteiger partial charge in [-0.2, -0.15) is 0 Å². The Morgan fingerprint density at radius 3 is 2.23 bits per heavy atom. The molecule has 3 fully saturated rings. The van der Waals surface area contributed by atoms with Gasteiger partial charge in [-0.25, -0.2) is 9.18 Å². The van der Waals surface area contributed by atoms with Crippen molar-refractivity contribution in [3.05, 3.63) is 94.2 Å². The molecule has 0 radical (unpaired) electrons. The summed E-state index contributed by atoms with van der Waals surface area (Å²) in [5.74, 6) is -2.59. The van der Waals surface area contributed by atoms with Crippen molar-refractivity contribution >= 4 is 40.2 Å². The van der Waals surface area contributed by atoms with Gasteiger partial charge in [-0.15, -0.1) is 13.2 Å². The normalized spacial score (nSPS) is 18.4. The Morgan fingerprint density at radius 2 is 1.56 bits per heavy atom. The van der Waals surface area contributed by atoms with Crippen LogP contribution in [0.25, 0.3) is 21.9 Å². The summed E-state index contributed by atoms with van der Waals surface area (Å²) in [4.78, 5) is 68.3. The molecule has 1 aromatic heterocycles. The van der Waals surface area contributed by atoms with Gasteiger partial charge in [-0.3, -0.25) is 24.5 Å². The SMILES string of the molecule is CN(C(=O)N1CCC(c2ccc(NC3CCC(=O)NC3=O)cc2F)CC1)C1CCN(C(=O)c2ccc(-c3cn(C)c(=O)c4ccccc34)cc2OC(F)(F)F)CC1. The number of imide groups is 1. The fourth-order valence-corrected chi connectivity index (χ4v) is 8.09. The molecule has 4 heterocycles. The van der Waals surface area contributed by atoms with Gasteiger partial charge in [0.25, 0.3) is 11.5 Å². The highest BCUT2D eigenvalue weighted by Gasteiger charge is 2.36. The van der Waals surface area contributed by atoms with Crippen molar-refractivity contribution in [3.8, 4) is 16.9 Å². The smallest absolute Gasteiger partial charge is 0.405 e. The number of carbonyl (C=O) groups excluding carboxylic acids is 4. The van der Waals surface area contributed by atoms with Crippen LogP contribution in [0.3, 0.4) is 0 Å². The van der Waals surface area contributed by atoms with E-state index in [4.69, 9.17) is 0 Å². The molecule has 3 saturated heterocycles. The van der Waals surface area contributed by atoms with Crippen molar-refractivity contribution in [3.63, 3.8) is 0 Å². The maximum absolute atomic E-state index is 15.3. The highest BCUT2D eigenvalue weighted by Crippen LogP contribution is 2.36. The number of hydrogen-bond donors (Lipinski definition) is 2. The number of piperidine rings is 3. The second-order valence-electron chi connectivity index (χ2n) is 14.8. The third-order valence-corrected chi connectivity index (χ3v) is 11.2. The van der Waals surface area contributed by atoms with Gasteiger partial charge in [0.05, 0.1) is 5.56 Å².